The van der Waals surface area contributed by atoms with Crippen LogP contribution in [0.5, 0.6) is 0 Å². The van der Waals surface area contributed by atoms with Gasteiger partial charge in [-0.2, -0.15) is 0 Å². The van der Waals surface area contributed by atoms with E-state index >= 15 is 4.39 Å². The number of carboxylic acids is 1. The van der Waals surface area contributed by atoms with E-state index in [2.05, 4.69) is 15.2 Å². The molecule has 49 heavy (non-hydrogen) atoms. The van der Waals surface area contributed by atoms with Gasteiger partial charge in [0.25, 0.3) is 0 Å². The molecule has 1 N–H and O–H groups in total. The lowest BCUT2D eigenvalue weighted by Crippen LogP contribution is -2.46. The molecule has 0 atom stereocenters. The van der Waals surface area contributed by atoms with Crippen LogP contribution < -0.4 is 15.2 Å². The first-order valence-corrected chi connectivity index (χ1v) is 16.2. The predicted octanol–water partition coefficient (Wildman–Crippen LogP) is 5.04. The maximum atomic E-state index is 15.4. The molecule has 1 saturated carbocycles. The van der Waals surface area contributed by atoms with Crippen molar-refractivity contribution in [2.45, 2.75) is 25.4 Å². The second-order valence-corrected chi connectivity index (χ2v) is 12.8. The molecule has 250 valence electrons. The lowest BCUT2D eigenvalue weighted by molar-refractivity contribution is 0.0694. The summed E-state index contributed by atoms with van der Waals surface area (Å²) in [7, 11) is 3.97. The van der Waals surface area contributed by atoms with E-state index < -0.39 is 17.2 Å². The number of aromatic nitrogens is 4. The van der Waals surface area contributed by atoms with Crippen LogP contribution in [0, 0.1) is 5.82 Å². The molecule has 3 aromatic carbocycles. The van der Waals surface area contributed by atoms with Crippen molar-refractivity contribution in [1.82, 2.24) is 24.5 Å². The van der Waals surface area contributed by atoms with Gasteiger partial charge in [0, 0.05) is 75.7 Å². The Balaban J connectivity index is 0.972. The van der Waals surface area contributed by atoms with Gasteiger partial charge in [-0.1, -0.05) is 23.4 Å². The van der Waals surface area contributed by atoms with Gasteiger partial charge in [-0.25, -0.2) is 13.9 Å². The van der Waals surface area contributed by atoms with E-state index in [1.165, 1.54) is 12.3 Å². The Morgan fingerprint density at radius 1 is 0.980 bits per heavy atom. The number of carbonyl (C=O) groups excluding carboxylic acids is 1. The van der Waals surface area contributed by atoms with Crippen LogP contribution >= 0.6 is 0 Å². The Kier molecular flexibility index (Phi) is 8.55. The number of rotatable bonds is 10. The molecule has 0 unspecified atom stereocenters. The minimum atomic E-state index is -1.31. The fourth-order valence-corrected chi connectivity index (χ4v) is 6.21. The minimum Gasteiger partial charge on any atom is -0.477 e. The zero-order valence-electron chi connectivity index (χ0n) is 27.3. The predicted molar refractivity (Wildman–Crippen MR) is 186 cm³/mol. The average Bonchev–Trinajstić information content (AvgIpc) is 3.85. The minimum absolute atomic E-state index is 0.0881. The molecule has 7 rings (SSSR count). The molecule has 1 aliphatic carbocycles. The number of aromatic carboxylic acids is 1. The Bertz CT molecular complexity index is 2130. The molecule has 2 aromatic heterocycles. The van der Waals surface area contributed by atoms with Crippen molar-refractivity contribution < 1.29 is 19.1 Å². The highest BCUT2D eigenvalue weighted by Crippen LogP contribution is 2.38. The van der Waals surface area contributed by atoms with Gasteiger partial charge < -0.3 is 19.5 Å². The summed E-state index contributed by atoms with van der Waals surface area (Å²) in [5, 5.41) is 18.3. The van der Waals surface area contributed by atoms with Crippen LogP contribution in [0.15, 0.2) is 83.9 Å². The molecule has 5 aromatic rings. The van der Waals surface area contributed by atoms with E-state index in [4.69, 9.17) is 0 Å². The number of piperazine rings is 1. The SMILES string of the molecule is CN(C)c1ccc(/C=C/C(=O)c2ccc(-n3cc(CN4CCN(c5cc6c(cc5F)c(=O)c(C(=O)O)cn6C5CC5)CC4)nn3)cc2)cc1. The molecule has 3 heterocycles. The lowest BCUT2D eigenvalue weighted by atomic mass is 10.1. The number of anilines is 2. The van der Waals surface area contributed by atoms with Gasteiger partial charge >= 0.3 is 5.97 Å². The Hall–Kier alpha value is -5.62. The highest BCUT2D eigenvalue weighted by atomic mass is 19.1. The summed E-state index contributed by atoms with van der Waals surface area (Å²) in [6.07, 6.45) is 8.43. The van der Waals surface area contributed by atoms with Gasteiger partial charge in [-0.15, -0.1) is 5.10 Å². The van der Waals surface area contributed by atoms with Crippen molar-refractivity contribution >= 4 is 40.1 Å². The van der Waals surface area contributed by atoms with E-state index in [1.807, 2.05) is 77.1 Å². The number of nitrogens with zero attached hydrogens (tertiary/aromatic N) is 7. The highest BCUT2D eigenvalue weighted by Gasteiger charge is 2.28. The summed E-state index contributed by atoms with van der Waals surface area (Å²) < 4.78 is 18.9. The molecule has 0 amide bonds. The Morgan fingerprint density at radius 2 is 1.69 bits per heavy atom. The molecule has 0 radical (unpaired) electrons. The van der Waals surface area contributed by atoms with Crippen molar-refractivity contribution in [3.63, 3.8) is 0 Å². The Morgan fingerprint density at radius 3 is 2.35 bits per heavy atom. The zero-order valence-corrected chi connectivity index (χ0v) is 27.3. The van der Waals surface area contributed by atoms with Crippen molar-refractivity contribution in [2.75, 3.05) is 50.1 Å². The van der Waals surface area contributed by atoms with Crippen molar-refractivity contribution in [3.8, 4) is 5.69 Å². The number of hydrogen-bond acceptors (Lipinski definition) is 8. The molecule has 1 saturated heterocycles. The maximum absolute atomic E-state index is 15.4. The highest BCUT2D eigenvalue weighted by molar-refractivity contribution is 6.06. The number of fused-ring (bicyclic) bond motifs is 1. The monoisotopic (exact) mass is 661 g/mol. The van der Waals surface area contributed by atoms with E-state index in [9.17, 15) is 19.5 Å². The largest absolute Gasteiger partial charge is 0.477 e. The van der Waals surface area contributed by atoms with Crippen LogP contribution in [0.2, 0.25) is 0 Å². The maximum Gasteiger partial charge on any atom is 0.341 e. The standard InChI is InChI=1S/C37H36FN7O4/c1-41(2)27-8-3-24(4-9-27)5-14-35(46)25-6-10-29(11-7-25)45-22-26(39-40-45)21-42-15-17-43(18-16-42)34-20-33-30(19-32(34)38)36(47)31(37(48)49)23-44(33)28-12-13-28/h3-11,14,19-20,22-23,28H,12-13,15-18,21H2,1-2H3,(H,48,49)/b14-5+. The average molecular weight is 662 g/mol. The number of ketones is 1. The first-order valence-electron chi connectivity index (χ1n) is 16.2. The molecule has 1 aliphatic heterocycles. The number of carboxylic acid groups (broad SMARTS) is 1. The fourth-order valence-electron chi connectivity index (χ4n) is 6.21. The van der Waals surface area contributed by atoms with E-state index in [0.717, 1.165) is 35.5 Å². The van der Waals surface area contributed by atoms with Gasteiger partial charge in [0.2, 0.25) is 5.43 Å². The Labute approximate surface area is 282 Å². The van der Waals surface area contributed by atoms with Gasteiger partial charge in [-0.3, -0.25) is 14.5 Å². The summed E-state index contributed by atoms with van der Waals surface area (Å²) in [5.41, 5.74) is 4.16. The number of hydrogen-bond donors (Lipinski definition) is 1. The summed E-state index contributed by atoms with van der Waals surface area (Å²) in [4.78, 5) is 43.5. The number of allylic oxidation sites excluding steroid dienone is 1. The quantitative estimate of drug-likeness (QED) is 0.162. The number of halogens is 1. The van der Waals surface area contributed by atoms with Crippen LogP contribution in [-0.2, 0) is 6.54 Å². The van der Waals surface area contributed by atoms with Gasteiger partial charge in [0.05, 0.1) is 28.8 Å². The molecule has 0 spiro atoms. The topological polar surface area (TPSA) is 117 Å². The van der Waals surface area contributed by atoms with Crippen molar-refractivity contribution in [1.29, 1.82) is 0 Å². The van der Waals surface area contributed by atoms with E-state index in [-0.39, 0.29) is 22.8 Å². The first-order chi connectivity index (χ1) is 23.6. The van der Waals surface area contributed by atoms with Crippen molar-refractivity contribution in [2.24, 2.45) is 0 Å². The van der Waals surface area contributed by atoms with Crippen LogP contribution in [0.3, 0.4) is 0 Å². The third kappa shape index (κ3) is 6.72. The smallest absolute Gasteiger partial charge is 0.341 e. The number of pyridine rings is 1. The van der Waals surface area contributed by atoms with Gasteiger partial charge in [0.15, 0.2) is 5.78 Å². The molecule has 12 heteroatoms. The van der Waals surface area contributed by atoms with Gasteiger partial charge in [0.1, 0.15) is 11.4 Å². The first kappa shape index (κ1) is 32.0. The molecular formula is C37H36FN7O4. The molecular weight excluding hydrogens is 625 g/mol. The summed E-state index contributed by atoms with van der Waals surface area (Å²) >= 11 is 0. The summed E-state index contributed by atoms with van der Waals surface area (Å²) in [5.74, 6) is -1.93. The summed E-state index contributed by atoms with van der Waals surface area (Å²) in [6.45, 7) is 3.05. The van der Waals surface area contributed by atoms with Crippen LogP contribution in [0.4, 0.5) is 15.8 Å². The normalized spacial score (nSPS) is 15.3. The van der Waals surface area contributed by atoms with Crippen LogP contribution in [0.1, 0.15) is 50.9 Å². The van der Waals surface area contributed by atoms with E-state index in [1.54, 1.807) is 29.0 Å². The van der Waals surface area contributed by atoms with E-state index in [0.29, 0.717) is 49.5 Å². The third-order valence-corrected chi connectivity index (χ3v) is 9.16. The summed E-state index contributed by atoms with van der Waals surface area (Å²) in [6, 6.07) is 18.2. The van der Waals surface area contributed by atoms with Crippen LogP contribution in [0.25, 0.3) is 22.7 Å². The second-order valence-electron chi connectivity index (χ2n) is 12.8. The zero-order chi connectivity index (χ0) is 34.2. The number of benzene rings is 3. The lowest BCUT2D eigenvalue weighted by Gasteiger charge is -2.36. The number of carbonyl (C=O) groups is 2. The molecule has 2 aliphatic rings. The molecule has 2 fully saturated rings. The fraction of sp³-hybridized carbons (Fsp3) is 0.270. The molecule has 11 nitrogen and oxygen atoms in total. The third-order valence-electron chi connectivity index (χ3n) is 9.16. The van der Waals surface area contributed by atoms with Gasteiger partial charge in [-0.05, 0) is 73.0 Å². The molecule has 0 bridgehead atoms. The van der Waals surface area contributed by atoms with Crippen LogP contribution in [-0.4, -0.2) is 81.6 Å². The second kappa shape index (κ2) is 13.1. The van der Waals surface area contributed by atoms with Crippen molar-refractivity contribution in [3.05, 3.63) is 118 Å².